The van der Waals surface area contributed by atoms with E-state index in [-0.39, 0.29) is 19.5 Å². The highest BCUT2D eigenvalue weighted by molar-refractivity contribution is 7.59. The Morgan fingerprint density at radius 2 is 2.44 bits per heavy atom. The van der Waals surface area contributed by atoms with E-state index >= 15 is 0 Å². The number of hydrogen-bond donors (Lipinski definition) is 0. The summed E-state index contributed by atoms with van der Waals surface area (Å²) in [6, 6.07) is 0. The maximum atomic E-state index is 10.4. The van der Waals surface area contributed by atoms with Crippen LogP contribution in [0.3, 0.4) is 0 Å². The van der Waals surface area contributed by atoms with Gasteiger partial charge in [0.1, 0.15) is 0 Å². The molecule has 1 aliphatic rings. The molecule has 0 aromatic heterocycles. The highest BCUT2D eigenvalue weighted by Gasteiger charge is 2.21. The topological polar surface area (TPSA) is 26.3 Å². The summed E-state index contributed by atoms with van der Waals surface area (Å²) in [6.07, 6.45) is 1.70. The minimum Gasteiger partial charge on any atom is -0.465 e. The molecule has 0 saturated carbocycles. The van der Waals surface area contributed by atoms with E-state index in [9.17, 15) is 4.79 Å². The first kappa shape index (κ1) is 8.82. The van der Waals surface area contributed by atoms with Crippen molar-refractivity contribution in [2.45, 2.75) is 19.8 Å². The monoisotopic (exact) mass is 148 g/mol. The van der Waals surface area contributed by atoms with Gasteiger partial charge < -0.3 is 4.74 Å². The zero-order valence-corrected chi connectivity index (χ0v) is 6.52. The van der Waals surface area contributed by atoms with E-state index < -0.39 is 0 Å². The quantitative estimate of drug-likeness (QED) is 0.520. The molecule has 2 nitrogen and oxygen atoms in total. The molecule has 3 heteroatoms. The summed E-state index contributed by atoms with van der Waals surface area (Å²) >= 11 is 0. The van der Waals surface area contributed by atoms with Gasteiger partial charge in [0.05, 0.1) is 13.0 Å². The second-order valence-electron chi connectivity index (χ2n) is 2.16. The van der Waals surface area contributed by atoms with Gasteiger partial charge in [-0.1, -0.05) is 6.92 Å². The highest BCUT2D eigenvalue weighted by atomic mass is 32.1. The fraction of sp³-hybridized carbons (Fsp3) is 0.833. The maximum Gasteiger partial charge on any atom is 0.306 e. The fourth-order valence-corrected chi connectivity index (χ4v) is 0.827. The number of carbonyl (C=O) groups is 1. The van der Waals surface area contributed by atoms with Gasteiger partial charge in [0.2, 0.25) is 0 Å². The highest BCUT2D eigenvalue weighted by Crippen LogP contribution is 2.16. The Labute approximate surface area is 62.0 Å². The average molecular weight is 148 g/mol. The first-order valence-corrected chi connectivity index (χ1v) is 2.98. The Balaban J connectivity index is 0.000000640. The van der Waals surface area contributed by atoms with Crippen LogP contribution in [-0.2, 0) is 9.53 Å². The molecule has 0 aromatic carbocycles. The van der Waals surface area contributed by atoms with Crippen LogP contribution in [0.2, 0.25) is 0 Å². The largest absolute Gasteiger partial charge is 0.465 e. The van der Waals surface area contributed by atoms with E-state index in [1.165, 1.54) is 0 Å². The maximum absolute atomic E-state index is 10.4. The summed E-state index contributed by atoms with van der Waals surface area (Å²) in [5.74, 6) is 0.472. The molecule has 0 aliphatic carbocycles. The molecule has 0 unspecified atom stereocenters. The van der Waals surface area contributed by atoms with Crippen LogP contribution in [0.5, 0.6) is 0 Å². The lowest BCUT2D eigenvalue weighted by Gasteiger charge is -1.95. The molecular weight excluding hydrogens is 136 g/mol. The van der Waals surface area contributed by atoms with E-state index in [2.05, 4.69) is 6.92 Å². The summed E-state index contributed by atoms with van der Waals surface area (Å²) in [6.45, 7) is 2.72. The normalized spacial score (nSPS) is 25.0. The Morgan fingerprint density at radius 3 is 2.67 bits per heavy atom. The number of esters is 1. The van der Waals surface area contributed by atoms with Crippen molar-refractivity contribution < 1.29 is 9.53 Å². The summed E-state index contributed by atoms with van der Waals surface area (Å²) < 4.78 is 4.72. The van der Waals surface area contributed by atoms with E-state index in [0.717, 1.165) is 6.42 Å². The second-order valence-corrected chi connectivity index (χ2v) is 2.16. The number of ether oxygens (including phenoxy) is 1. The Bertz CT molecular complexity index is 103. The molecule has 0 amide bonds. The van der Waals surface area contributed by atoms with E-state index in [1.54, 1.807) is 0 Å². The molecule has 0 bridgehead atoms. The zero-order valence-electron chi connectivity index (χ0n) is 5.52. The standard InChI is InChI=1S/C6H10O2.H2S/c1-2-5-3-6(7)8-4-5;/h5H,2-4H2,1H3;1H2/t5-;/m0./s1. The van der Waals surface area contributed by atoms with Gasteiger partial charge in [0.25, 0.3) is 0 Å². The van der Waals surface area contributed by atoms with Crippen LogP contribution >= 0.6 is 13.5 Å². The fourth-order valence-electron chi connectivity index (χ4n) is 0.827. The lowest BCUT2D eigenvalue weighted by atomic mass is 10.1. The summed E-state index contributed by atoms with van der Waals surface area (Å²) in [5, 5.41) is 0. The first-order chi connectivity index (χ1) is 3.83. The average Bonchev–Trinajstić information content (AvgIpc) is 2.14. The number of hydrogen-bond acceptors (Lipinski definition) is 2. The van der Waals surface area contributed by atoms with Crippen LogP contribution in [0.15, 0.2) is 0 Å². The van der Waals surface area contributed by atoms with Gasteiger partial charge in [0.15, 0.2) is 0 Å². The van der Waals surface area contributed by atoms with Crippen LogP contribution in [0.25, 0.3) is 0 Å². The van der Waals surface area contributed by atoms with Gasteiger partial charge >= 0.3 is 5.97 Å². The zero-order chi connectivity index (χ0) is 5.98. The third-order valence-electron chi connectivity index (χ3n) is 1.51. The third kappa shape index (κ3) is 2.26. The summed E-state index contributed by atoms with van der Waals surface area (Å²) in [5.41, 5.74) is 0. The van der Waals surface area contributed by atoms with E-state index in [1.807, 2.05) is 0 Å². The lowest BCUT2D eigenvalue weighted by Crippen LogP contribution is -1.94. The van der Waals surface area contributed by atoms with Gasteiger partial charge in [-0.2, -0.15) is 13.5 Å². The Kier molecular flexibility index (Phi) is 3.70. The van der Waals surface area contributed by atoms with Gasteiger partial charge in [-0.15, -0.1) is 0 Å². The van der Waals surface area contributed by atoms with Crippen LogP contribution in [0, 0.1) is 5.92 Å². The molecule has 0 N–H and O–H groups in total. The molecule has 54 valence electrons. The Morgan fingerprint density at radius 1 is 1.78 bits per heavy atom. The second kappa shape index (κ2) is 3.77. The predicted octanol–water partition coefficient (Wildman–Crippen LogP) is 1.07. The van der Waals surface area contributed by atoms with Crippen molar-refractivity contribution in [3.8, 4) is 0 Å². The van der Waals surface area contributed by atoms with Crippen molar-refractivity contribution in [3.05, 3.63) is 0 Å². The van der Waals surface area contributed by atoms with Crippen molar-refractivity contribution >= 4 is 19.5 Å². The van der Waals surface area contributed by atoms with Gasteiger partial charge in [-0.3, -0.25) is 4.79 Å². The number of carbonyl (C=O) groups excluding carboxylic acids is 1. The molecule has 0 spiro atoms. The smallest absolute Gasteiger partial charge is 0.306 e. The molecule has 1 fully saturated rings. The molecule has 1 aliphatic heterocycles. The lowest BCUT2D eigenvalue weighted by molar-refractivity contribution is -0.137. The van der Waals surface area contributed by atoms with Crippen molar-refractivity contribution in [1.82, 2.24) is 0 Å². The first-order valence-electron chi connectivity index (χ1n) is 2.98. The van der Waals surface area contributed by atoms with Crippen molar-refractivity contribution in [3.63, 3.8) is 0 Å². The third-order valence-corrected chi connectivity index (χ3v) is 1.51. The van der Waals surface area contributed by atoms with Crippen LogP contribution in [0.1, 0.15) is 19.8 Å². The van der Waals surface area contributed by atoms with Crippen molar-refractivity contribution in [2.24, 2.45) is 5.92 Å². The molecule has 1 atom stereocenters. The molecule has 0 aromatic rings. The van der Waals surface area contributed by atoms with Crippen LogP contribution in [-0.4, -0.2) is 12.6 Å². The molecule has 1 heterocycles. The molecule has 1 saturated heterocycles. The molecule has 0 radical (unpaired) electrons. The van der Waals surface area contributed by atoms with Crippen molar-refractivity contribution in [2.75, 3.05) is 6.61 Å². The number of cyclic esters (lactones) is 1. The van der Waals surface area contributed by atoms with Crippen LogP contribution < -0.4 is 0 Å². The summed E-state index contributed by atoms with van der Waals surface area (Å²) in [7, 11) is 0. The van der Waals surface area contributed by atoms with E-state index in [4.69, 9.17) is 4.74 Å². The summed E-state index contributed by atoms with van der Waals surface area (Å²) in [4.78, 5) is 10.4. The minimum absolute atomic E-state index is 0. The Hall–Kier alpha value is -0.180. The minimum atomic E-state index is -0.0307. The predicted molar refractivity (Wildman–Crippen MR) is 39.7 cm³/mol. The van der Waals surface area contributed by atoms with E-state index in [0.29, 0.717) is 18.9 Å². The van der Waals surface area contributed by atoms with Crippen LogP contribution in [0.4, 0.5) is 0 Å². The van der Waals surface area contributed by atoms with Gasteiger partial charge in [-0.25, -0.2) is 0 Å². The molecular formula is C6H12O2S. The SMILES string of the molecule is CC[C@@H]1COC(=O)C1.S. The van der Waals surface area contributed by atoms with Gasteiger partial charge in [-0.05, 0) is 6.42 Å². The molecule has 9 heavy (non-hydrogen) atoms. The van der Waals surface area contributed by atoms with Crippen molar-refractivity contribution in [1.29, 1.82) is 0 Å². The van der Waals surface area contributed by atoms with Gasteiger partial charge in [0, 0.05) is 5.92 Å². The number of rotatable bonds is 1. The molecule has 1 rings (SSSR count).